The molecule has 1 atom stereocenters. The van der Waals surface area contributed by atoms with Crippen LogP contribution in [0.2, 0.25) is 0 Å². The van der Waals surface area contributed by atoms with Crippen molar-refractivity contribution in [3.05, 3.63) is 0 Å². The summed E-state index contributed by atoms with van der Waals surface area (Å²) in [5, 5.41) is 14.8. The lowest BCUT2D eigenvalue weighted by atomic mass is 10.2. The first-order valence-electron chi connectivity index (χ1n) is 4.98. The molecule has 1 aliphatic heterocycles. The van der Waals surface area contributed by atoms with Gasteiger partial charge in [-0.1, -0.05) is 0 Å². The molecule has 1 saturated heterocycles. The molecule has 0 bridgehead atoms. The minimum atomic E-state index is -0.317. The fourth-order valence-corrected chi connectivity index (χ4v) is 1.55. The molecule has 0 aromatic heterocycles. The Balaban J connectivity index is 1.92. The zero-order valence-electron chi connectivity index (χ0n) is 7.99. The number of hydrogen-bond donors (Lipinski definition) is 2. The van der Waals surface area contributed by atoms with Crippen LogP contribution in [0, 0.1) is 11.3 Å². The topological polar surface area (TPSA) is 68.2 Å². The van der Waals surface area contributed by atoms with Gasteiger partial charge in [0.2, 0.25) is 0 Å². The Labute approximate surface area is 83.1 Å². The maximum atomic E-state index is 11.7. The molecule has 0 radical (unpaired) electrons. The fourth-order valence-electron chi connectivity index (χ4n) is 1.55. The van der Waals surface area contributed by atoms with Gasteiger partial charge in [-0.05, 0) is 12.8 Å². The Morgan fingerprint density at radius 1 is 1.57 bits per heavy atom. The number of piperazine rings is 1. The number of carbonyl (C=O) groups is 1. The lowest BCUT2D eigenvalue weighted by Crippen LogP contribution is -2.56. The molecular weight excluding hydrogens is 180 g/mol. The molecule has 1 saturated carbocycles. The van der Waals surface area contributed by atoms with Gasteiger partial charge in [-0.3, -0.25) is 0 Å². The number of amides is 2. The zero-order valence-corrected chi connectivity index (χ0v) is 7.99. The van der Waals surface area contributed by atoms with E-state index < -0.39 is 0 Å². The van der Waals surface area contributed by atoms with Crippen LogP contribution in [0.1, 0.15) is 12.8 Å². The van der Waals surface area contributed by atoms with Crippen molar-refractivity contribution in [1.82, 2.24) is 15.5 Å². The molecule has 1 aliphatic carbocycles. The van der Waals surface area contributed by atoms with Crippen molar-refractivity contribution in [2.45, 2.75) is 24.9 Å². The van der Waals surface area contributed by atoms with E-state index in [0.29, 0.717) is 19.1 Å². The smallest absolute Gasteiger partial charge is 0.318 e. The quantitative estimate of drug-likeness (QED) is 0.600. The van der Waals surface area contributed by atoms with E-state index >= 15 is 0 Å². The number of nitrogens with zero attached hydrogens (tertiary/aromatic N) is 2. The third-order valence-electron chi connectivity index (χ3n) is 2.56. The van der Waals surface area contributed by atoms with E-state index in [1.807, 2.05) is 0 Å². The first kappa shape index (κ1) is 9.28. The van der Waals surface area contributed by atoms with Gasteiger partial charge >= 0.3 is 6.03 Å². The summed E-state index contributed by atoms with van der Waals surface area (Å²) in [7, 11) is 0. The largest absolute Gasteiger partial charge is 0.335 e. The van der Waals surface area contributed by atoms with Crippen LogP contribution in [0.4, 0.5) is 4.79 Å². The van der Waals surface area contributed by atoms with Crippen molar-refractivity contribution in [3.8, 4) is 6.07 Å². The highest BCUT2D eigenvalue weighted by Crippen LogP contribution is 2.19. The molecule has 76 valence electrons. The van der Waals surface area contributed by atoms with E-state index in [2.05, 4.69) is 16.7 Å². The molecular formula is C9H14N4O. The molecule has 14 heavy (non-hydrogen) atoms. The normalized spacial score (nSPS) is 26.8. The second-order valence-corrected chi connectivity index (χ2v) is 3.77. The van der Waals surface area contributed by atoms with Crippen molar-refractivity contribution in [2.75, 3.05) is 19.6 Å². The summed E-state index contributed by atoms with van der Waals surface area (Å²) in [5.41, 5.74) is 0. The van der Waals surface area contributed by atoms with Crippen LogP contribution in [0.15, 0.2) is 0 Å². The number of carbonyl (C=O) groups excluding carboxylic acids is 1. The lowest BCUT2D eigenvalue weighted by molar-refractivity contribution is 0.174. The van der Waals surface area contributed by atoms with Gasteiger partial charge in [-0.25, -0.2) is 4.79 Å². The van der Waals surface area contributed by atoms with Crippen molar-refractivity contribution >= 4 is 6.03 Å². The average molecular weight is 194 g/mol. The Hall–Kier alpha value is -1.28. The highest BCUT2D eigenvalue weighted by atomic mass is 16.2. The van der Waals surface area contributed by atoms with Crippen LogP contribution in [0.3, 0.4) is 0 Å². The van der Waals surface area contributed by atoms with Crippen molar-refractivity contribution < 1.29 is 4.79 Å². The second-order valence-electron chi connectivity index (χ2n) is 3.77. The minimum absolute atomic E-state index is 0.0828. The molecule has 0 aromatic rings. The Kier molecular flexibility index (Phi) is 2.55. The molecule has 2 aliphatic rings. The predicted molar refractivity (Wildman–Crippen MR) is 50.5 cm³/mol. The summed E-state index contributed by atoms with van der Waals surface area (Å²) < 4.78 is 0. The first-order valence-corrected chi connectivity index (χ1v) is 4.98. The van der Waals surface area contributed by atoms with E-state index in [9.17, 15) is 4.79 Å². The van der Waals surface area contributed by atoms with Crippen LogP contribution < -0.4 is 10.6 Å². The molecule has 0 spiro atoms. The van der Waals surface area contributed by atoms with Gasteiger partial charge < -0.3 is 15.5 Å². The SMILES string of the molecule is N#CC1CNCCN1C(=O)NC1CC1. The van der Waals surface area contributed by atoms with Crippen molar-refractivity contribution in [2.24, 2.45) is 0 Å². The number of nitriles is 1. The number of urea groups is 1. The Morgan fingerprint density at radius 3 is 3.00 bits per heavy atom. The van der Waals surface area contributed by atoms with Crippen molar-refractivity contribution in [3.63, 3.8) is 0 Å². The van der Waals surface area contributed by atoms with Gasteiger partial charge in [0.05, 0.1) is 6.07 Å². The molecule has 2 fully saturated rings. The van der Waals surface area contributed by atoms with E-state index in [4.69, 9.17) is 5.26 Å². The zero-order chi connectivity index (χ0) is 9.97. The first-order chi connectivity index (χ1) is 6.81. The Bertz CT molecular complexity index is 268. The summed E-state index contributed by atoms with van der Waals surface area (Å²) >= 11 is 0. The van der Waals surface area contributed by atoms with E-state index in [-0.39, 0.29) is 12.1 Å². The third kappa shape index (κ3) is 1.96. The summed E-state index contributed by atoms with van der Waals surface area (Å²) in [4.78, 5) is 13.3. The summed E-state index contributed by atoms with van der Waals surface area (Å²) in [6.45, 7) is 1.97. The summed E-state index contributed by atoms with van der Waals surface area (Å²) in [5.74, 6) is 0. The second kappa shape index (κ2) is 3.84. The summed E-state index contributed by atoms with van der Waals surface area (Å²) in [6, 6.07) is 2.09. The molecule has 5 heteroatoms. The van der Waals surface area contributed by atoms with Gasteiger partial charge in [0.15, 0.2) is 0 Å². The number of nitrogens with one attached hydrogen (secondary N) is 2. The van der Waals surface area contributed by atoms with Gasteiger partial charge in [0.25, 0.3) is 0 Å². The van der Waals surface area contributed by atoms with Gasteiger partial charge in [-0.15, -0.1) is 0 Å². The highest BCUT2D eigenvalue weighted by Gasteiger charge is 2.30. The molecule has 1 heterocycles. The van der Waals surface area contributed by atoms with Crippen LogP contribution in [-0.4, -0.2) is 42.6 Å². The predicted octanol–water partition coefficient (Wildman–Crippen LogP) is -0.344. The van der Waals surface area contributed by atoms with Crippen LogP contribution >= 0.6 is 0 Å². The van der Waals surface area contributed by atoms with E-state index in [1.54, 1.807) is 4.90 Å². The minimum Gasteiger partial charge on any atom is -0.335 e. The van der Waals surface area contributed by atoms with Crippen molar-refractivity contribution in [1.29, 1.82) is 5.26 Å². The standard InChI is InChI=1S/C9H14N4O/c10-5-8-6-11-3-4-13(8)9(14)12-7-1-2-7/h7-8,11H,1-4,6H2,(H,12,14). The number of hydrogen-bond acceptors (Lipinski definition) is 3. The maximum Gasteiger partial charge on any atom is 0.318 e. The van der Waals surface area contributed by atoms with Crippen LogP contribution in [0.25, 0.3) is 0 Å². The van der Waals surface area contributed by atoms with Gasteiger partial charge in [-0.2, -0.15) is 5.26 Å². The van der Waals surface area contributed by atoms with Gasteiger partial charge in [0.1, 0.15) is 6.04 Å². The molecule has 5 nitrogen and oxygen atoms in total. The Morgan fingerprint density at radius 2 is 2.36 bits per heavy atom. The molecule has 2 N–H and O–H groups in total. The monoisotopic (exact) mass is 194 g/mol. The summed E-state index contributed by atoms with van der Waals surface area (Å²) in [6.07, 6.45) is 2.16. The fraction of sp³-hybridized carbons (Fsp3) is 0.778. The molecule has 2 rings (SSSR count). The van der Waals surface area contributed by atoms with Crippen LogP contribution in [-0.2, 0) is 0 Å². The van der Waals surface area contributed by atoms with E-state index in [1.165, 1.54) is 0 Å². The average Bonchev–Trinajstić information content (AvgIpc) is 3.01. The maximum absolute atomic E-state index is 11.7. The van der Waals surface area contributed by atoms with E-state index in [0.717, 1.165) is 19.4 Å². The number of rotatable bonds is 1. The molecule has 2 amide bonds. The van der Waals surface area contributed by atoms with Crippen LogP contribution in [0.5, 0.6) is 0 Å². The third-order valence-corrected chi connectivity index (χ3v) is 2.56. The highest BCUT2D eigenvalue weighted by molar-refractivity contribution is 5.75. The lowest BCUT2D eigenvalue weighted by Gasteiger charge is -2.31. The molecule has 0 aromatic carbocycles. The van der Waals surface area contributed by atoms with Gasteiger partial charge in [0, 0.05) is 25.7 Å². The molecule has 1 unspecified atom stereocenters.